The van der Waals surface area contributed by atoms with Gasteiger partial charge in [-0.2, -0.15) is 5.26 Å². The van der Waals surface area contributed by atoms with E-state index in [2.05, 4.69) is 4.98 Å². The van der Waals surface area contributed by atoms with Crippen molar-refractivity contribution in [2.45, 2.75) is 23.0 Å². The fourth-order valence-electron chi connectivity index (χ4n) is 1.68. The number of nitriles is 1. The highest BCUT2D eigenvalue weighted by atomic mass is 32.2. The maximum Gasteiger partial charge on any atom is 0.254 e. The van der Waals surface area contributed by atoms with Crippen molar-refractivity contribution in [2.24, 2.45) is 0 Å². The zero-order chi connectivity index (χ0) is 14.2. The second kappa shape index (κ2) is 4.63. The summed E-state index contributed by atoms with van der Waals surface area (Å²) in [5.74, 6) is -0.343. The summed E-state index contributed by atoms with van der Waals surface area (Å²) in [4.78, 5) is 16.8. The van der Waals surface area contributed by atoms with Gasteiger partial charge in [0.25, 0.3) is 5.91 Å². The van der Waals surface area contributed by atoms with Crippen molar-refractivity contribution in [2.75, 3.05) is 14.1 Å². The van der Waals surface area contributed by atoms with Gasteiger partial charge in [-0.3, -0.25) is 4.79 Å². The molecular weight excluding hydrogens is 266 g/mol. The molecule has 0 atom stereocenters. The Morgan fingerprint density at radius 3 is 2.58 bits per heavy atom. The molecular formula is C12H13N3O3S. The maximum absolute atomic E-state index is 12.2. The van der Waals surface area contributed by atoms with Crippen molar-refractivity contribution < 1.29 is 13.2 Å². The monoisotopic (exact) mass is 279 g/mol. The highest BCUT2D eigenvalue weighted by Gasteiger charge is 2.39. The third-order valence-corrected chi connectivity index (χ3v) is 5.15. The Balaban J connectivity index is 2.55. The third kappa shape index (κ3) is 2.44. The number of pyridine rings is 1. The van der Waals surface area contributed by atoms with Crippen LogP contribution in [0, 0.1) is 11.3 Å². The van der Waals surface area contributed by atoms with Gasteiger partial charge in [-0.15, -0.1) is 0 Å². The molecule has 1 heterocycles. The quantitative estimate of drug-likeness (QED) is 0.807. The van der Waals surface area contributed by atoms with E-state index in [0.717, 1.165) is 0 Å². The molecule has 1 aliphatic carbocycles. The Morgan fingerprint density at radius 1 is 1.47 bits per heavy atom. The first-order valence-corrected chi connectivity index (χ1v) is 7.28. The van der Waals surface area contributed by atoms with E-state index in [1.54, 1.807) is 20.2 Å². The molecule has 0 bridgehead atoms. The van der Waals surface area contributed by atoms with Crippen molar-refractivity contribution in [3.8, 4) is 6.07 Å². The molecule has 0 saturated heterocycles. The lowest BCUT2D eigenvalue weighted by Crippen LogP contribution is -2.22. The zero-order valence-electron chi connectivity index (χ0n) is 10.6. The van der Waals surface area contributed by atoms with Crippen LogP contribution >= 0.6 is 0 Å². The normalized spacial score (nSPS) is 14.8. The van der Waals surface area contributed by atoms with Gasteiger partial charge in [0, 0.05) is 20.3 Å². The van der Waals surface area contributed by atoms with Crippen molar-refractivity contribution in [1.29, 1.82) is 5.26 Å². The predicted molar refractivity (Wildman–Crippen MR) is 67.2 cm³/mol. The fourth-order valence-corrected chi connectivity index (χ4v) is 3.45. The molecule has 1 amide bonds. The molecule has 100 valence electrons. The minimum Gasteiger partial charge on any atom is -0.345 e. The van der Waals surface area contributed by atoms with Gasteiger partial charge in [0.15, 0.2) is 15.5 Å². The maximum atomic E-state index is 12.2. The van der Waals surface area contributed by atoms with Crippen LogP contribution in [0.5, 0.6) is 0 Å². The first-order valence-electron chi connectivity index (χ1n) is 5.73. The van der Waals surface area contributed by atoms with Gasteiger partial charge >= 0.3 is 0 Å². The lowest BCUT2D eigenvalue weighted by Gasteiger charge is -2.11. The minimum atomic E-state index is -3.55. The van der Waals surface area contributed by atoms with Crippen LogP contribution in [-0.2, 0) is 9.84 Å². The largest absolute Gasteiger partial charge is 0.345 e. The van der Waals surface area contributed by atoms with Crippen LogP contribution in [0.25, 0.3) is 0 Å². The lowest BCUT2D eigenvalue weighted by molar-refractivity contribution is 0.0827. The average molecular weight is 279 g/mol. The highest BCUT2D eigenvalue weighted by molar-refractivity contribution is 7.92. The fraction of sp³-hybridized carbons (Fsp3) is 0.417. The van der Waals surface area contributed by atoms with E-state index in [4.69, 9.17) is 5.26 Å². The zero-order valence-corrected chi connectivity index (χ0v) is 11.4. The van der Waals surface area contributed by atoms with Crippen LogP contribution < -0.4 is 0 Å². The third-order valence-electron chi connectivity index (χ3n) is 2.88. The molecule has 19 heavy (non-hydrogen) atoms. The van der Waals surface area contributed by atoms with Gasteiger partial charge in [-0.05, 0) is 18.9 Å². The van der Waals surface area contributed by atoms with E-state index < -0.39 is 15.1 Å². The van der Waals surface area contributed by atoms with E-state index in [-0.39, 0.29) is 22.1 Å². The smallest absolute Gasteiger partial charge is 0.254 e. The van der Waals surface area contributed by atoms with Crippen molar-refractivity contribution >= 4 is 15.7 Å². The molecule has 0 spiro atoms. The summed E-state index contributed by atoms with van der Waals surface area (Å²) in [6.07, 6.45) is 2.42. The Bertz CT molecular complexity index is 670. The number of nitrogens with zero attached hydrogens (tertiary/aromatic N) is 3. The second-order valence-corrected chi connectivity index (χ2v) is 6.82. The highest BCUT2D eigenvalue weighted by Crippen LogP contribution is 2.34. The molecule has 0 N–H and O–H groups in total. The second-order valence-electron chi connectivity index (χ2n) is 4.63. The molecule has 0 radical (unpaired) electrons. The molecule has 7 heteroatoms. The molecule has 1 saturated carbocycles. The Kier molecular flexibility index (Phi) is 3.28. The molecule has 1 aromatic heterocycles. The summed E-state index contributed by atoms with van der Waals surface area (Å²) in [7, 11) is -0.416. The van der Waals surface area contributed by atoms with Crippen LogP contribution in [0.4, 0.5) is 0 Å². The van der Waals surface area contributed by atoms with Crippen LogP contribution in [0.1, 0.15) is 28.9 Å². The molecule has 0 unspecified atom stereocenters. The first kappa shape index (κ1) is 13.5. The molecule has 0 aromatic carbocycles. The van der Waals surface area contributed by atoms with Gasteiger partial charge in [0.2, 0.25) is 0 Å². The SMILES string of the molecule is CN(C)C(=O)c1cnc(C#N)c(S(=O)(=O)C2CC2)c1. The lowest BCUT2D eigenvalue weighted by atomic mass is 10.2. The first-order chi connectivity index (χ1) is 8.87. The Labute approximate surface area is 111 Å². The van der Waals surface area contributed by atoms with Gasteiger partial charge in [-0.25, -0.2) is 13.4 Å². The van der Waals surface area contributed by atoms with E-state index in [1.165, 1.54) is 17.2 Å². The Hall–Kier alpha value is -1.94. The minimum absolute atomic E-state index is 0.134. The number of sulfone groups is 1. The molecule has 1 aliphatic rings. The van der Waals surface area contributed by atoms with Crippen LogP contribution in [-0.4, -0.2) is 43.6 Å². The molecule has 0 aliphatic heterocycles. The van der Waals surface area contributed by atoms with Crippen molar-refractivity contribution in [3.05, 3.63) is 23.5 Å². The number of hydrogen-bond donors (Lipinski definition) is 0. The van der Waals surface area contributed by atoms with Crippen molar-refractivity contribution in [1.82, 2.24) is 9.88 Å². The van der Waals surface area contributed by atoms with Gasteiger partial charge in [0.05, 0.1) is 10.8 Å². The summed E-state index contributed by atoms with van der Waals surface area (Å²) < 4.78 is 24.4. The van der Waals surface area contributed by atoms with E-state index in [9.17, 15) is 13.2 Å². The number of amides is 1. The molecule has 1 fully saturated rings. The van der Waals surface area contributed by atoms with Gasteiger partial charge in [-0.1, -0.05) is 0 Å². The number of rotatable bonds is 3. The molecule has 2 rings (SSSR count). The number of carbonyl (C=O) groups is 1. The van der Waals surface area contributed by atoms with Crippen LogP contribution in [0.3, 0.4) is 0 Å². The molecule has 6 nitrogen and oxygen atoms in total. The summed E-state index contributed by atoms with van der Waals surface area (Å²) in [5.41, 5.74) is 0.0189. The number of hydrogen-bond acceptors (Lipinski definition) is 5. The number of aromatic nitrogens is 1. The van der Waals surface area contributed by atoms with Crippen LogP contribution in [0.2, 0.25) is 0 Å². The summed E-state index contributed by atoms with van der Waals surface area (Å²) >= 11 is 0. The summed E-state index contributed by atoms with van der Waals surface area (Å²) in [5, 5.41) is 8.51. The molecule has 1 aromatic rings. The topological polar surface area (TPSA) is 91.1 Å². The Morgan fingerprint density at radius 2 is 2.11 bits per heavy atom. The number of carbonyl (C=O) groups excluding carboxylic acids is 1. The van der Waals surface area contributed by atoms with E-state index in [0.29, 0.717) is 12.8 Å². The predicted octanol–water partition coefficient (Wildman–Crippen LogP) is 0.591. The van der Waals surface area contributed by atoms with E-state index in [1.807, 2.05) is 0 Å². The van der Waals surface area contributed by atoms with E-state index >= 15 is 0 Å². The standard InChI is InChI=1S/C12H13N3O3S/c1-15(2)12(16)8-5-11(10(6-13)14-7-8)19(17,18)9-3-4-9/h5,7,9H,3-4H2,1-2H3. The summed E-state index contributed by atoms with van der Waals surface area (Å²) in [6, 6.07) is 3.02. The summed E-state index contributed by atoms with van der Waals surface area (Å²) in [6.45, 7) is 0. The van der Waals surface area contributed by atoms with Crippen LogP contribution in [0.15, 0.2) is 17.2 Å². The van der Waals surface area contributed by atoms with Gasteiger partial charge in [0.1, 0.15) is 11.0 Å². The van der Waals surface area contributed by atoms with Crippen molar-refractivity contribution in [3.63, 3.8) is 0 Å². The average Bonchev–Trinajstić information content (AvgIpc) is 3.21. The van der Waals surface area contributed by atoms with Gasteiger partial charge < -0.3 is 4.90 Å².